The van der Waals surface area contributed by atoms with Crippen molar-refractivity contribution in [2.75, 3.05) is 25.0 Å². The van der Waals surface area contributed by atoms with E-state index in [2.05, 4.69) is 26.1 Å². The molecule has 0 saturated carbocycles. The molecular weight excluding hydrogens is 412 g/mol. The van der Waals surface area contributed by atoms with Gasteiger partial charge >= 0.3 is 0 Å². The van der Waals surface area contributed by atoms with Gasteiger partial charge in [0.1, 0.15) is 5.75 Å². The van der Waals surface area contributed by atoms with Gasteiger partial charge in [-0.15, -0.1) is 0 Å². The second-order valence-corrected chi connectivity index (χ2v) is 9.99. The van der Waals surface area contributed by atoms with Crippen molar-refractivity contribution in [2.24, 2.45) is 5.92 Å². The van der Waals surface area contributed by atoms with Gasteiger partial charge in [0.15, 0.2) is 6.61 Å². The molecule has 2 aromatic carbocycles. The van der Waals surface area contributed by atoms with Crippen LogP contribution in [0.15, 0.2) is 47.4 Å². The van der Waals surface area contributed by atoms with Crippen LogP contribution in [0.5, 0.6) is 5.75 Å². The third-order valence-electron chi connectivity index (χ3n) is 5.84. The van der Waals surface area contributed by atoms with Crippen molar-refractivity contribution in [2.45, 2.75) is 51.3 Å². The molecule has 1 heterocycles. The van der Waals surface area contributed by atoms with Crippen molar-refractivity contribution in [3.63, 3.8) is 0 Å². The molecule has 3 rings (SSSR count). The molecule has 1 aliphatic rings. The van der Waals surface area contributed by atoms with Crippen molar-refractivity contribution in [1.82, 2.24) is 4.31 Å². The van der Waals surface area contributed by atoms with E-state index in [-0.39, 0.29) is 17.4 Å². The molecule has 2 aromatic rings. The minimum atomic E-state index is -3.49. The number of sulfonamides is 1. The predicted molar refractivity (Wildman–Crippen MR) is 123 cm³/mol. The van der Waals surface area contributed by atoms with E-state index in [4.69, 9.17) is 4.74 Å². The summed E-state index contributed by atoms with van der Waals surface area (Å²) in [6.07, 6.45) is 3.43. The third kappa shape index (κ3) is 5.66. The number of nitrogens with one attached hydrogen (secondary N) is 1. The van der Waals surface area contributed by atoms with Gasteiger partial charge in [0.2, 0.25) is 10.0 Å². The lowest BCUT2D eigenvalue weighted by Crippen LogP contribution is -2.37. The number of rotatable bonds is 8. The summed E-state index contributed by atoms with van der Waals surface area (Å²) in [5.41, 5.74) is 3.04. The molecule has 6 nitrogen and oxygen atoms in total. The summed E-state index contributed by atoms with van der Waals surface area (Å²) < 4.78 is 32.8. The van der Waals surface area contributed by atoms with Crippen molar-refractivity contribution in [3.8, 4) is 5.75 Å². The molecule has 7 heteroatoms. The average Bonchev–Trinajstić information content (AvgIpc) is 2.78. The Labute approximate surface area is 185 Å². The van der Waals surface area contributed by atoms with E-state index in [0.29, 0.717) is 24.8 Å². The monoisotopic (exact) mass is 444 g/mol. The van der Waals surface area contributed by atoms with Gasteiger partial charge in [0.25, 0.3) is 5.91 Å². The highest BCUT2D eigenvalue weighted by Crippen LogP contribution is 2.25. The second-order valence-electron chi connectivity index (χ2n) is 8.05. The number of para-hydroxylation sites is 1. The minimum Gasteiger partial charge on any atom is -0.484 e. The Hall–Kier alpha value is -2.38. The largest absolute Gasteiger partial charge is 0.484 e. The van der Waals surface area contributed by atoms with E-state index >= 15 is 0 Å². The van der Waals surface area contributed by atoms with Gasteiger partial charge in [-0.05, 0) is 67.0 Å². The highest BCUT2D eigenvalue weighted by molar-refractivity contribution is 7.89. The predicted octanol–water partition coefficient (Wildman–Crippen LogP) is 4.25. The first kappa shape index (κ1) is 23.3. The number of anilines is 1. The molecule has 1 aliphatic heterocycles. The number of benzene rings is 2. The van der Waals surface area contributed by atoms with Crippen molar-refractivity contribution >= 4 is 21.6 Å². The van der Waals surface area contributed by atoms with Gasteiger partial charge in [0.05, 0.1) is 4.90 Å². The van der Waals surface area contributed by atoms with Crippen LogP contribution >= 0.6 is 0 Å². The van der Waals surface area contributed by atoms with E-state index in [1.807, 2.05) is 18.2 Å². The van der Waals surface area contributed by atoms with E-state index < -0.39 is 10.0 Å². The number of hydrogen-bond acceptors (Lipinski definition) is 4. The fourth-order valence-corrected chi connectivity index (χ4v) is 5.28. The zero-order valence-corrected chi connectivity index (χ0v) is 19.4. The molecule has 0 atom stereocenters. The highest BCUT2D eigenvalue weighted by Gasteiger charge is 2.27. The van der Waals surface area contributed by atoms with Gasteiger partial charge < -0.3 is 10.1 Å². The summed E-state index contributed by atoms with van der Waals surface area (Å²) in [5, 5.41) is 2.97. The molecule has 168 valence electrons. The summed E-state index contributed by atoms with van der Waals surface area (Å²) >= 11 is 0. The number of carbonyl (C=O) groups excluding carboxylic acids is 1. The smallest absolute Gasteiger partial charge is 0.262 e. The lowest BCUT2D eigenvalue weighted by Gasteiger charge is -2.29. The SMILES string of the molecule is CCc1cccc(CC)c1NC(=O)COc1ccc(S(=O)(=O)N2CCC(C)CC2)cc1. The first-order chi connectivity index (χ1) is 14.8. The number of amides is 1. The minimum absolute atomic E-state index is 0.142. The summed E-state index contributed by atoms with van der Waals surface area (Å²) in [6, 6.07) is 12.3. The van der Waals surface area contributed by atoms with E-state index in [9.17, 15) is 13.2 Å². The lowest BCUT2D eigenvalue weighted by atomic mass is 10.0. The van der Waals surface area contributed by atoms with Gasteiger partial charge in [-0.25, -0.2) is 8.42 Å². The Morgan fingerprint density at radius 3 is 2.16 bits per heavy atom. The molecule has 1 fully saturated rings. The number of nitrogens with zero attached hydrogens (tertiary/aromatic N) is 1. The molecule has 0 spiro atoms. The summed E-state index contributed by atoms with van der Waals surface area (Å²) in [6.45, 7) is 7.23. The number of aryl methyl sites for hydroxylation is 2. The van der Waals surface area contributed by atoms with Crippen molar-refractivity contribution in [3.05, 3.63) is 53.6 Å². The van der Waals surface area contributed by atoms with E-state index in [1.165, 1.54) is 0 Å². The zero-order chi connectivity index (χ0) is 22.4. The van der Waals surface area contributed by atoms with Crippen LogP contribution in [0.25, 0.3) is 0 Å². The summed E-state index contributed by atoms with van der Waals surface area (Å²) in [7, 11) is -3.49. The number of carbonyl (C=O) groups is 1. The molecule has 0 radical (unpaired) electrons. The van der Waals surface area contributed by atoms with Crippen LogP contribution in [0, 0.1) is 5.92 Å². The lowest BCUT2D eigenvalue weighted by molar-refractivity contribution is -0.118. The van der Waals surface area contributed by atoms with Gasteiger partial charge in [0, 0.05) is 18.8 Å². The first-order valence-electron chi connectivity index (χ1n) is 11.0. The van der Waals surface area contributed by atoms with Gasteiger partial charge in [-0.2, -0.15) is 4.31 Å². The van der Waals surface area contributed by atoms with Gasteiger partial charge in [-0.3, -0.25) is 4.79 Å². The molecule has 0 bridgehead atoms. The molecule has 0 aromatic heterocycles. The topological polar surface area (TPSA) is 75.7 Å². The van der Waals surface area contributed by atoms with Crippen molar-refractivity contribution in [1.29, 1.82) is 0 Å². The Kier molecular flexibility index (Phi) is 7.73. The maximum atomic E-state index is 12.8. The fraction of sp³-hybridized carbons (Fsp3) is 0.458. The third-order valence-corrected chi connectivity index (χ3v) is 7.75. The van der Waals surface area contributed by atoms with Gasteiger partial charge in [-0.1, -0.05) is 39.0 Å². The highest BCUT2D eigenvalue weighted by atomic mass is 32.2. The van der Waals surface area contributed by atoms with Crippen LogP contribution in [0.1, 0.15) is 44.7 Å². The summed E-state index contributed by atoms with van der Waals surface area (Å²) in [4.78, 5) is 12.7. The van der Waals surface area contributed by atoms with Crippen LogP contribution in [-0.4, -0.2) is 38.3 Å². The molecule has 1 N–H and O–H groups in total. The Morgan fingerprint density at radius 1 is 1.03 bits per heavy atom. The standard InChI is InChI=1S/C24H32N2O4S/c1-4-19-7-6-8-20(5-2)24(19)25-23(27)17-30-21-9-11-22(12-10-21)31(28,29)26-15-13-18(3)14-16-26/h6-12,18H,4-5,13-17H2,1-3H3,(H,25,27). The summed E-state index contributed by atoms with van der Waals surface area (Å²) in [5.74, 6) is 0.779. The van der Waals surface area contributed by atoms with Crippen LogP contribution in [0.2, 0.25) is 0 Å². The Morgan fingerprint density at radius 2 is 1.61 bits per heavy atom. The maximum Gasteiger partial charge on any atom is 0.262 e. The average molecular weight is 445 g/mol. The molecule has 1 amide bonds. The van der Waals surface area contributed by atoms with E-state index in [1.54, 1.807) is 28.6 Å². The Bertz CT molecular complexity index is 972. The molecule has 0 aliphatic carbocycles. The molecule has 31 heavy (non-hydrogen) atoms. The van der Waals surface area contributed by atoms with Crippen LogP contribution in [0.4, 0.5) is 5.69 Å². The molecule has 0 unspecified atom stereocenters. The first-order valence-corrected chi connectivity index (χ1v) is 12.4. The van der Waals surface area contributed by atoms with E-state index in [0.717, 1.165) is 42.5 Å². The van der Waals surface area contributed by atoms with Crippen LogP contribution < -0.4 is 10.1 Å². The molecular formula is C24H32N2O4S. The second kappa shape index (κ2) is 10.3. The fourth-order valence-electron chi connectivity index (χ4n) is 3.81. The molecule has 1 saturated heterocycles. The van der Waals surface area contributed by atoms with Crippen LogP contribution in [0.3, 0.4) is 0 Å². The zero-order valence-electron chi connectivity index (χ0n) is 18.6. The Balaban J connectivity index is 1.60. The quantitative estimate of drug-likeness (QED) is 0.660. The maximum absolute atomic E-state index is 12.8. The van der Waals surface area contributed by atoms with Crippen LogP contribution in [-0.2, 0) is 27.7 Å². The number of piperidine rings is 1. The number of ether oxygens (including phenoxy) is 1. The number of hydrogen-bond donors (Lipinski definition) is 1. The van der Waals surface area contributed by atoms with Crippen molar-refractivity contribution < 1.29 is 17.9 Å². The normalized spacial score (nSPS) is 15.6.